The van der Waals surface area contributed by atoms with Gasteiger partial charge < -0.3 is 15.7 Å². The van der Waals surface area contributed by atoms with Gasteiger partial charge in [0.1, 0.15) is 0 Å². The van der Waals surface area contributed by atoms with Crippen molar-refractivity contribution in [3.63, 3.8) is 0 Å². The number of amides is 1. The summed E-state index contributed by atoms with van der Waals surface area (Å²) in [7, 11) is 0. The van der Waals surface area contributed by atoms with Gasteiger partial charge >= 0.3 is 0 Å². The van der Waals surface area contributed by atoms with E-state index in [1.807, 2.05) is 27.0 Å². The molecule has 0 radical (unpaired) electrons. The van der Waals surface area contributed by atoms with Gasteiger partial charge in [-0.1, -0.05) is 5.21 Å². The van der Waals surface area contributed by atoms with Gasteiger partial charge in [-0.25, -0.2) is 0 Å². The van der Waals surface area contributed by atoms with Crippen molar-refractivity contribution in [2.45, 2.75) is 45.8 Å². The molecule has 0 spiro atoms. The first-order valence-electron chi connectivity index (χ1n) is 6.42. The molecule has 1 amide bonds. The summed E-state index contributed by atoms with van der Waals surface area (Å²) in [5.74, 6) is -0.0415. The Morgan fingerprint density at radius 2 is 2.21 bits per heavy atom. The molecule has 1 aromatic heterocycles. The summed E-state index contributed by atoms with van der Waals surface area (Å²) < 4.78 is 1.68. The van der Waals surface area contributed by atoms with Gasteiger partial charge in [0.25, 0.3) is 0 Å². The lowest BCUT2D eigenvalue weighted by atomic mass is 10.1. The van der Waals surface area contributed by atoms with E-state index in [0.717, 1.165) is 5.69 Å². The third-order valence-electron chi connectivity index (χ3n) is 2.24. The molecule has 0 aliphatic rings. The zero-order chi connectivity index (χ0) is 14.3. The normalized spacial score (nSPS) is 11.6. The van der Waals surface area contributed by atoms with E-state index in [9.17, 15) is 4.79 Å². The third-order valence-corrected chi connectivity index (χ3v) is 2.24. The molecule has 7 heteroatoms. The van der Waals surface area contributed by atoms with E-state index in [2.05, 4.69) is 20.9 Å². The molecular formula is C12H23N5O2. The molecule has 0 unspecified atom stereocenters. The van der Waals surface area contributed by atoms with Crippen molar-refractivity contribution in [1.82, 2.24) is 25.6 Å². The molecule has 3 N–H and O–H groups in total. The van der Waals surface area contributed by atoms with Gasteiger partial charge in [0.05, 0.1) is 12.2 Å². The maximum Gasteiger partial charge on any atom is 0.234 e. The van der Waals surface area contributed by atoms with E-state index in [-0.39, 0.29) is 24.6 Å². The average Bonchev–Trinajstić information content (AvgIpc) is 2.72. The number of aromatic nitrogens is 3. The quantitative estimate of drug-likeness (QED) is 0.630. The van der Waals surface area contributed by atoms with Gasteiger partial charge in [-0.3, -0.25) is 9.48 Å². The molecular weight excluding hydrogens is 246 g/mol. The maximum atomic E-state index is 11.6. The second-order valence-corrected chi connectivity index (χ2v) is 5.45. The number of hydrogen-bond donors (Lipinski definition) is 3. The van der Waals surface area contributed by atoms with Gasteiger partial charge in [0.2, 0.25) is 5.91 Å². The van der Waals surface area contributed by atoms with Crippen LogP contribution in [0.2, 0.25) is 0 Å². The van der Waals surface area contributed by atoms with Crippen LogP contribution in [0.1, 0.15) is 32.9 Å². The predicted molar refractivity (Wildman–Crippen MR) is 71.3 cm³/mol. The number of rotatable bonds is 7. The highest BCUT2D eigenvalue weighted by molar-refractivity contribution is 5.78. The molecule has 0 atom stereocenters. The largest absolute Gasteiger partial charge is 0.396 e. The molecule has 1 heterocycles. The first-order chi connectivity index (χ1) is 8.90. The van der Waals surface area contributed by atoms with Crippen molar-refractivity contribution in [2.24, 2.45) is 0 Å². The van der Waals surface area contributed by atoms with Gasteiger partial charge in [-0.05, 0) is 27.2 Å². The van der Waals surface area contributed by atoms with Crippen LogP contribution in [-0.4, -0.2) is 44.7 Å². The Morgan fingerprint density at radius 1 is 1.47 bits per heavy atom. The van der Waals surface area contributed by atoms with E-state index in [1.165, 1.54) is 0 Å². The highest BCUT2D eigenvalue weighted by atomic mass is 16.3. The molecule has 108 valence electrons. The topological polar surface area (TPSA) is 92.1 Å². The summed E-state index contributed by atoms with van der Waals surface area (Å²) in [6, 6.07) is 0. The van der Waals surface area contributed by atoms with Crippen molar-refractivity contribution >= 4 is 5.91 Å². The third kappa shape index (κ3) is 6.88. The highest BCUT2D eigenvalue weighted by Gasteiger charge is 2.13. The second kappa shape index (κ2) is 7.20. The van der Waals surface area contributed by atoms with Crippen LogP contribution in [0.15, 0.2) is 6.20 Å². The first-order valence-corrected chi connectivity index (χ1v) is 6.42. The van der Waals surface area contributed by atoms with Gasteiger partial charge in [-0.15, -0.1) is 5.10 Å². The van der Waals surface area contributed by atoms with Crippen molar-refractivity contribution < 1.29 is 9.90 Å². The number of carbonyl (C=O) groups is 1. The van der Waals surface area contributed by atoms with Crippen molar-refractivity contribution in [2.75, 3.05) is 13.2 Å². The summed E-state index contributed by atoms with van der Waals surface area (Å²) in [6.45, 7) is 7.36. The molecule has 0 aliphatic carbocycles. The minimum atomic E-state index is -0.216. The fourth-order valence-electron chi connectivity index (χ4n) is 1.53. The number of aryl methyl sites for hydroxylation is 1. The minimum Gasteiger partial charge on any atom is -0.396 e. The predicted octanol–water partition coefficient (Wildman–Crippen LogP) is -0.335. The maximum absolute atomic E-state index is 11.6. The Kier molecular flexibility index (Phi) is 5.91. The Balaban J connectivity index is 2.25. The number of nitrogens with zero attached hydrogens (tertiary/aromatic N) is 3. The summed E-state index contributed by atoms with van der Waals surface area (Å²) >= 11 is 0. The van der Waals surface area contributed by atoms with E-state index in [0.29, 0.717) is 19.5 Å². The minimum absolute atomic E-state index is 0.0415. The molecule has 7 nitrogen and oxygen atoms in total. The Morgan fingerprint density at radius 3 is 2.84 bits per heavy atom. The van der Waals surface area contributed by atoms with Crippen LogP contribution in [-0.2, 0) is 17.9 Å². The van der Waals surface area contributed by atoms with E-state index in [1.54, 1.807) is 4.68 Å². The fourth-order valence-corrected chi connectivity index (χ4v) is 1.53. The Bertz CT molecular complexity index is 397. The van der Waals surface area contributed by atoms with Crippen LogP contribution in [0.4, 0.5) is 0 Å². The lowest BCUT2D eigenvalue weighted by Crippen LogP contribution is -2.44. The van der Waals surface area contributed by atoms with Crippen LogP contribution in [0, 0.1) is 0 Å². The number of aliphatic hydroxyl groups is 1. The SMILES string of the molecule is CC(C)(C)NC(=O)CNCc1cn(CCCO)nn1. The standard InChI is InChI=1S/C12H23N5O2/c1-12(2,3)14-11(19)8-13-7-10-9-17(16-15-10)5-4-6-18/h9,13,18H,4-8H2,1-3H3,(H,14,19). The van der Waals surface area contributed by atoms with Crippen LogP contribution < -0.4 is 10.6 Å². The number of hydrogen-bond acceptors (Lipinski definition) is 5. The van der Waals surface area contributed by atoms with Crippen molar-refractivity contribution in [3.05, 3.63) is 11.9 Å². The number of aliphatic hydroxyl groups excluding tert-OH is 1. The fraction of sp³-hybridized carbons (Fsp3) is 0.750. The summed E-state index contributed by atoms with van der Waals surface area (Å²) in [6.07, 6.45) is 2.47. The average molecular weight is 269 g/mol. The Hall–Kier alpha value is -1.47. The van der Waals surface area contributed by atoms with Crippen LogP contribution in [0.25, 0.3) is 0 Å². The van der Waals surface area contributed by atoms with Crippen LogP contribution in [0.3, 0.4) is 0 Å². The van der Waals surface area contributed by atoms with Crippen molar-refractivity contribution in [3.8, 4) is 0 Å². The van der Waals surface area contributed by atoms with Crippen LogP contribution >= 0.6 is 0 Å². The molecule has 1 aromatic rings. The monoisotopic (exact) mass is 269 g/mol. The molecule has 0 saturated heterocycles. The number of nitrogens with one attached hydrogen (secondary N) is 2. The van der Waals surface area contributed by atoms with E-state index >= 15 is 0 Å². The van der Waals surface area contributed by atoms with Crippen LogP contribution in [0.5, 0.6) is 0 Å². The van der Waals surface area contributed by atoms with E-state index < -0.39 is 0 Å². The molecule has 0 saturated carbocycles. The van der Waals surface area contributed by atoms with Crippen molar-refractivity contribution in [1.29, 1.82) is 0 Å². The summed E-state index contributed by atoms with van der Waals surface area (Å²) in [5, 5.41) is 22.5. The number of carbonyl (C=O) groups excluding carboxylic acids is 1. The molecule has 0 fully saturated rings. The summed E-state index contributed by atoms with van der Waals surface area (Å²) in [5.41, 5.74) is 0.563. The molecule has 0 bridgehead atoms. The second-order valence-electron chi connectivity index (χ2n) is 5.45. The zero-order valence-electron chi connectivity index (χ0n) is 11.8. The van der Waals surface area contributed by atoms with Gasteiger partial charge in [0, 0.05) is 31.4 Å². The van der Waals surface area contributed by atoms with Gasteiger partial charge in [0.15, 0.2) is 0 Å². The lowest BCUT2D eigenvalue weighted by Gasteiger charge is -2.20. The molecule has 0 aromatic carbocycles. The summed E-state index contributed by atoms with van der Waals surface area (Å²) in [4.78, 5) is 11.6. The molecule has 0 aliphatic heterocycles. The smallest absolute Gasteiger partial charge is 0.234 e. The molecule has 1 rings (SSSR count). The lowest BCUT2D eigenvalue weighted by molar-refractivity contribution is -0.121. The highest BCUT2D eigenvalue weighted by Crippen LogP contribution is 1.97. The Labute approximate surface area is 113 Å². The zero-order valence-corrected chi connectivity index (χ0v) is 11.8. The van der Waals surface area contributed by atoms with E-state index in [4.69, 9.17) is 5.11 Å². The first kappa shape index (κ1) is 15.6. The molecule has 19 heavy (non-hydrogen) atoms. The van der Waals surface area contributed by atoms with Gasteiger partial charge in [-0.2, -0.15) is 0 Å².